The minimum atomic E-state index is -3.90. The summed E-state index contributed by atoms with van der Waals surface area (Å²) in [5, 5.41) is 1.02. The molecular formula is C31H26Cl2N6O4S. The predicted octanol–water partition coefficient (Wildman–Crippen LogP) is 6.03. The van der Waals surface area contributed by atoms with E-state index in [-0.39, 0.29) is 34.5 Å². The maximum Gasteiger partial charge on any atom is 0.244 e. The molecule has 0 aliphatic rings. The van der Waals surface area contributed by atoms with Crippen molar-refractivity contribution in [2.45, 2.75) is 25.3 Å². The van der Waals surface area contributed by atoms with Crippen molar-refractivity contribution in [3.8, 4) is 22.6 Å². The van der Waals surface area contributed by atoms with Crippen LogP contribution in [-0.2, 0) is 22.3 Å². The fourth-order valence-electron chi connectivity index (χ4n) is 4.79. The SMILES string of the molecule is C[C@@H](COc1cncc(CN)c1)Oc1cnc2ccc(-c3cn(S(=O)(=O)Cc4ccccc4)c4nc(Cl)nc(Cl)c34)cc2c1. The Bertz CT molecular complexity index is 2090. The summed E-state index contributed by atoms with van der Waals surface area (Å²) < 4.78 is 40.2. The maximum atomic E-state index is 13.6. The summed E-state index contributed by atoms with van der Waals surface area (Å²) in [6, 6.07) is 18.2. The molecule has 0 radical (unpaired) electrons. The predicted molar refractivity (Wildman–Crippen MR) is 170 cm³/mol. The van der Waals surface area contributed by atoms with Crippen molar-refractivity contribution in [1.82, 2.24) is 23.9 Å². The highest BCUT2D eigenvalue weighted by molar-refractivity contribution is 7.89. The Kier molecular flexibility index (Phi) is 8.37. The number of nitrogens with zero attached hydrogens (tertiary/aromatic N) is 5. The number of benzene rings is 2. The molecule has 44 heavy (non-hydrogen) atoms. The molecule has 2 N–H and O–H groups in total. The number of rotatable bonds is 10. The number of nitrogens with two attached hydrogens (primary N) is 1. The first-order valence-corrected chi connectivity index (χ1v) is 15.9. The van der Waals surface area contributed by atoms with Crippen LogP contribution in [0.5, 0.6) is 11.5 Å². The van der Waals surface area contributed by atoms with Crippen molar-refractivity contribution in [1.29, 1.82) is 0 Å². The van der Waals surface area contributed by atoms with Gasteiger partial charge in [0, 0.05) is 29.9 Å². The Morgan fingerprint density at radius 1 is 0.955 bits per heavy atom. The van der Waals surface area contributed by atoms with E-state index in [1.165, 1.54) is 6.20 Å². The van der Waals surface area contributed by atoms with Crippen molar-refractivity contribution >= 4 is 55.2 Å². The van der Waals surface area contributed by atoms with Gasteiger partial charge in [0.25, 0.3) is 0 Å². The van der Waals surface area contributed by atoms with Crippen LogP contribution in [0.15, 0.2) is 85.5 Å². The van der Waals surface area contributed by atoms with Crippen molar-refractivity contribution in [3.05, 3.63) is 107 Å². The Hall–Kier alpha value is -4.29. The summed E-state index contributed by atoms with van der Waals surface area (Å²) in [5.41, 5.74) is 9.22. The molecule has 0 fully saturated rings. The lowest BCUT2D eigenvalue weighted by molar-refractivity contribution is 0.142. The molecule has 1 atom stereocenters. The third kappa shape index (κ3) is 6.31. The van der Waals surface area contributed by atoms with E-state index in [1.807, 2.05) is 43.3 Å². The van der Waals surface area contributed by atoms with Gasteiger partial charge in [-0.25, -0.2) is 17.4 Å². The average molecular weight is 650 g/mol. The molecule has 6 rings (SSSR count). The fraction of sp³-hybridized carbons (Fsp3) is 0.161. The van der Waals surface area contributed by atoms with Gasteiger partial charge in [-0.3, -0.25) is 9.97 Å². The van der Waals surface area contributed by atoms with Crippen LogP contribution in [-0.4, -0.2) is 45.0 Å². The Labute approximate surface area is 263 Å². The van der Waals surface area contributed by atoms with E-state index in [0.717, 1.165) is 20.4 Å². The van der Waals surface area contributed by atoms with Crippen molar-refractivity contribution < 1.29 is 17.9 Å². The van der Waals surface area contributed by atoms with Gasteiger partial charge in [-0.05, 0) is 59.5 Å². The van der Waals surface area contributed by atoms with Gasteiger partial charge in [0.05, 0.1) is 29.0 Å². The first-order valence-electron chi connectivity index (χ1n) is 13.5. The first-order chi connectivity index (χ1) is 21.2. The largest absolute Gasteiger partial charge is 0.488 e. The topological polar surface area (TPSA) is 135 Å². The standard InChI is InChI=1S/C31H26Cl2N6O4S/c1-19(17-42-24-9-21(12-34)13-35-14-24)43-25-11-23-10-22(7-8-27(23)36-15-25)26-16-39(30-28(26)29(32)37-31(33)38-30)44(40,41)18-20-5-3-2-4-6-20/h2-11,13-16,19H,12,17-18,34H2,1H3/t19-/m0/s1. The van der Waals surface area contributed by atoms with Crippen molar-refractivity contribution in [3.63, 3.8) is 0 Å². The van der Waals surface area contributed by atoms with Crippen LogP contribution >= 0.6 is 23.2 Å². The minimum absolute atomic E-state index is 0.0417. The van der Waals surface area contributed by atoms with E-state index in [1.54, 1.807) is 42.9 Å². The number of ether oxygens (including phenoxy) is 2. The summed E-state index contributed by atoms with van der Waals surface area (Å²) in [6.07, 6.45) is 6.17. The third-order valence-electron chi connectivity index (χ3n) is 6.83. The van der Waals surface area contributed by atoms with E-state index < -0.39 is 10.0 Å². The lowest BCUT2D eigenvalue weighted by Gasteiger charge is -2.16. The van der Waals surface area contributed by atoms with Gasteiger partial charge in [-0.1, -0.05) is 48.0 Å². The zero-order valence-electron chi connectivity index (χ0n) is 23.4. The second kappa shape index (κ2) is 12.4. The molecule has 13 heteroatoms. The van der Waals surface area contributed by atoms with E-state index in [4.69, 9.17) is 38.4 Å². The van der Waals surface area contributed by atoms with Gasteiger partial charge in [0.1, 0.15) is 29.4 Å². The van der Waals surface area contributed by atoms with Gasteiger partial charge in [0.2, 0.25) is 15.3 Å². The van der Waals surface area contributed by atoms with Crippen molar-refractivity contribution in [2.24, 2.45) is 5.73 Å². The van der Waals surface area contributed by atoms with Gasteiger partial charge < -0.3 is 15.2 Å². The zero-order valence-corrected chi connectivity index (χ0v) is 25.7. The monoisotopic (exact) mass is 648 g/mol. The second-order valence-electron chi connectivity index (χ2n) is 10.1. The number of halogens is 2. The van der Waals surface area contributed by atoms with E-state index in [9.17, 15) is 8.42 Å². The summed E-state index contributed by atoms with van der Waals surface area (Å²) in [7, 11) is -3.90. The summed E-state index contributed by atoms with van der Waals surface area (Å²) in [6.45, 7) is 2.54. The van der Waals surface area contributed by atoms with Crippen LogP contribution in [0, 0.1) is 0 Å². The molecule has 224 valence electrons. The smallest absolute Gasteiger partial charge is 0.244 e. The van der Waals surface area contributed by atoms with Crippen LogP contribution in [0.1, 0.15) is 18.1 Å². The first kappa shape index (κ1) is 29.8. The molecule has 0 aliphatic heterocycles. The van der Waals surface area contributed by atoms with Gasteiger partial charge in [-0.15, -0.1) is 0 Å². The molecular weight excluding hydrogens is 623 g/mol. The quantitative estimate of drug-likeness (QED) is 0.139. The zero-order chi connectivity index (χ0) is 30.8. The molecule has 0 saturated carbocycles. The van der Waals surface area contributed by atoms with E-state index >= 15 is 0 Å². The summed E-state index contributed by atoms with van der Waals surface area (Å²) in [5.74, 6) is 0.911. The highest BCUT2D eigenvalue weighted by atomic mass is 35.5. The summed E-state index contributed by atoms with van der Waals surface area (Å²) in [4.78, 5) is 17.0. The van der Waals surface area contributed by atoms with Crippen LogP contribution in [0.25, 0.3) is 33.1 Å². The minimum Gasteiger partial charge on any atom is -0.488 e. The highest BCUT2D eigenvalue weighted by Crippen LogP contribution is 2.37. The molecule has 2 aromatic carbocycles. The number of aromatic nitrogens is 5. The molecule has 4 aromatic heterocycles. The lowest BCUT2D eigenvalue weighted by atomic mass is 10.0. The highest BCUT2D eigenvalue weighted by Gasteiger charge is 2.24. The molecule has 0 amide bonds. The Morgan fingerprint density at radius 2 is 1.77 bits per heavy atom. The van der Waals surface area contributed by atoms with Gasteiger partial charge in [-0.2, -0.15) is 4.98 Å². The normalized spacial score (nSPS) is 12.5. The van der Waals surface area contributed by atoms with Crippen LogP contribution in [0.2, 0.25) is 10.4 Å². The molecule has 10 nitrogen and oxygen atoms in total. The van der Waals surface area contributed by atoms with Crippen LogP contribution in [0.4, 0.5) is 0 Å². The summed E-state index contributed by atoms with van der Waals surface area (Å²) >= 11 is 12.6. The molecule has 0 bridgehead atoms. The average Bonchev–Trinajstić information content (AvgIpc) is 3.41. The molecule has 0 unspecified atom stereocenters. The molecule has 0 spiro atoms. The Balaban J connectivity index is 1.31. The third-order valence-corrected chi connectivity index (χ3v) is 8.85. The van der Waals surface area contributed by atoms with Crippen LogP contribution in [0.3, 0.4) is 0 Å². The maximum absolute atomic E-state index is 13.6. The fourth-order valence-corrected chi connectivity index (χ4v) is 6.68. The number of pyridine rings is 2. The Morgan fingerprint density at radius 3 is 2.57 bits per heavy atom. The van der Waals surface area contributed by atoms with Gasteiger partial charge >= 0.3 is 0 Å². The second-order valence-corrected chi connectivity index (χ2v) is 12.7. The molecule has 6 aromatic rings. The number of hydrogen-bond acceptors (Lipinski definition) is 9. The molecule has 4 heterocycles. The molecule has 0 aliphatic carbocycles. The van der Waals surface area contributed by atoms with E-state index in [2.05, 4.69) is 19.9 Å². The number of fused-ring (bicyclic) bond motifs is 2. The van der Waals surface area contributed by atoms with Crippen molar-refractivity contribution in [2.75, 3.05) is 6.61 Å². The number of hydrogen-bond donors (Lipinski definition) is 1. The lowest BCUT2D eigenvalue weighted by Crippen LogP contribution is -2.21. The van der Waals surface area contributed by atoms with E-state index in [0.29, 0.717) is 40.1 Å². The van der Waals surface area contributed by atoms with Gasteiger partial charge in [0.15, 0.2) is 5.65 Å². The van der Waals surface area contributed by atoms with Crippen LogP contribution < -0.4 is 15.2 Å². The molecule has 0 saturated heterocycles.